The fourth-order valence-electron chi connectivity index (χ4n) is 4.30. The van der Waals surface area contributed by atoms with Crippen LogP contribution in [0.2, 0.25) is 0 Å². The maximum atomic E-state index is 12.7. The molecule has 2 aromatic heterocycles. The number of piperidine rings is 3. The summed E-state index contributed by atoms with van der Waals surface area (Å²) in [7, 11) is 0. The molecule has 6 rings (SSSR count). The van der Waals surface area contributed by atoms with E-state index in [9.17, 15) is 9.59 Å². The highest BCUT2D eigenvalue weighted by Gasteiger charge is 2.35. The van der Waals surface area contributed by atoms with E-state index < -0.39 is 0 Å². The predicted octanol–water partition coefficient (Wildman–Crippen LogP) is 2.20. The van der Waals surface area contributed by atoms with Crippen LogP contribution in [0.15, 0.2) is 18.3 Å². The highest BCUT2D eigenvalue weighted by Crippen LogP contribution is 2.34. The first kappa shape index (κ1) is 17.5. The SMILES string of the molecule is O=C(N[C@H]1CN2CCC1CC2)c1cc2sc(N3CCSCC3=O)cc2cn1. The van der Waals surface area contributed by atoms with E-state index in [-0.39, 0.29) is 17.9 Å². The second-order valence-corrected chi connectivity index (χ2v) is 9.68. The minimum atomic E-state index is -0.0870. The van der Waals surface area contributed by atoms with Gasteiger partial charge in [0.25, 0.3) is 5.91 Å². The Hall–Kier alpha value is -1.64. The molecule has 1 atom stereocenters. The predicted molar refractivity (Wildman–Crippen MR) is 110 cm³/mol. The standard InChI is InChI=1S/C19H22N4O2S2/c24-17-11-26-6-5-23(17)18-7-13-9-20-14(8-16(13)27-18)19(25)21-15-10-22-3-1-12(15)2-4-22/h7-9,12,15H,1-6,10-11H2,(H,21,25)/t15-/m0/s1. The van der Waals surface area contributed by atoms with Gasteiger partial charge in [-0.15, -0.1) is 11.3 Å². The molecule has 1 N–H and O–H groups in total. The average Bonchev–Trinajstić information content (AvgIpc) is 3.12. The Morgan fingerprint density at radius 1 is 1.22 bits per heavy atom. The second kappa shape index (κ2) is 7.07. The molecule has 4 aliphatic heterocycles. The minimum absolute atomic E-state index is 0.0870. The molecular weight excluding hydrogens is 380 g/mol. The fourth-order valence-corrected chi connectivity index (χ4v) is 6.20. The van der Waals surface area contributed by atoms with E-state index in [4.69, 9.17) is 0 Å². The van der Waals surface area contributed by atoms with Crippen LogP contribution in [0.4, 0.5) is 5.00 Å². The van der Waals surface area contributed by atoms with Gasteiger partial charge in [0.05, 0.1) is 10.8 Å². The lowest BCUT2D eigenvalue weighted by molar-refractivity contribution is -0.116. The van der Waals surface area contributed by atoms with Gasteiger partial charge in [-0.2, -0.15) is 11.8 Å². The van der Waals surface area contributed by atoms with E-state index >= 15 is 0 Å². The number of hydrogen-bond donors (Lipinski definition) is 1. The van der Waals surface area contributed by atoms with Gasteiger partial charge in [0, 0.05) is 41.2 Å². The van der Waals surface area contributed by atoms with Gasteiger partial charge in [-0.1, -0.05) is 0 Å². The molecule has 0 aliphatic carbocycles. The number of nitrogens with zero attached hydrogens (tertiary/aromatic N) is 3. The zero-order chi connectivity index (χ0) is 18.4. The molecule has 8 heteroatoms. The minimum Gasteiger partial charge on any atom is -0.346 e. The van der Waals surface area contributed by atoms with Gasteiger partial charge in [0.2, 0.25) is 5.91 Å². The van der Waals surface area contributed by atoms with E-state index in [2.05, 4.69) is 15.2 Å². The number of carbonyl (C=O) groups excluding carboxylic acids is 2. The highest BCUT2D eigenvalue weighted by molar-refractivity contribution is 8.00. The third-order valence-corrected chi connectivity index (χ3v) is 7.89. The Kier molecular flexibility index (Phi) is 4.57. The maximum Gasteiger partial charge on any atom is 0.270 e. The first-order valence-corrected chi connectivity index (χ1v) is 11.5. The molecule has 0 radical (unpaired) electrons. The summed E-state index contributed by atoms with van der Waals surface area (Å²) in [6, 6.07) is 4.11. The quantitative estimate of drug-likeness (QED) is 0.853. The highest BCUT2D eigenvalue weighted by atomic mass is 32.2. The van der Waals surface area contributed by atoms with Crippen molar-refractivity contribution in [3.8, 4) is 0 Å². The summed E-state index contributed by atoms with van der Waals surface area (Å²) < 4.78 is 1.00. The molecular formula is C19H22N4O2S2. The molecule has 27 heavy (non-hydrogen) atoms. The average molecular weight is 403 g/mol. The van der Waals surface area contributed by atoms with Crippen LogP contribution in [0.25, 0.3) is 10.1 Å². The molecule has 0 saturated carbocycles. The van der Waals surface area contributed by atoms with Crippen LogP contribution in [-0.4, -0.2) is 65.4 Å². The molecule has 4 aliphatic rings. The molecule has 0 unspecified atom stereocenters. The molecule has 6 heterocycles. The van der Waals surface area contributed by atoms with Crippen LogP contribution in [0.5, 0.6) is 0 Å². The number of pyridine rings is 1. The summed E-state index contributed by atoms with van der Waals surface area (Å²) in [5.74, 6) is 2.17. The fraction of sp³-hybridized carbons (Fsp3) is 0.526. The summed E-state index contributed by atoms with van der Waals surface area (Å²) in [5, 5.41) is 5.14. The van der Waals surface area contributed by atoms with Crippen molar-refractivity contribution in [1.82, 2.24) is 15.2 Å². The number of thioether (sulfide) groups is 1. The Balaban J connectivity index is 1.34. The lowest BCUT2D eigenvalue weighted by Crippen LogP contribution is -2.57. The molecule has 142 valence electrons. The van der Waals surface area contributed by atoms with Crippen molar-refractivity contribution in [2.24, 2.45) is 5.92 Å². The second-order valence-electron chi connectivity index (χ2n) is 7.51. The Labute approximate surface area is 166 Å². The number of aromatic nitrogens is 1. The van der Waals surface area contributed by atoms with E-state index in [0.717, 1.165) is 47.0 Å². The molecule has 2 bridgehead atoms. The summed E-state index contributed by atoms with van der Waals surface area (Å²) in [6.07, 6.45) is 4.10. The van der Waals surface area contributed by atoms with E-state index in [1.54, 1.807) is 29.3 Å². The van der Waals surface area contributed by atoms with E-state index in [1.807, 2.05) is 17.0 Å². The van der Waals surface area contributed by atoms with Crippen molar-refractivity contribution in [2.45, 2.75) is 18.9 Å². The van der Waals surface area contributed by atoms with Crippen molar-refractivity contribution >= 4 is 50.0 Å². The van der Waals surface area contributed by atoms with Crippen molar-refractivity contribution < 1.29 is 9.59 Å². The number of rotatable bonds is 3. The molecule has 6 nitrogen and oxygen atoms in total. The van der Waals surface area contributed by atoms with Crippen molar-refractivity contribution in [2.75, 3.05) is 42.6 Å². The van der Waals surface area contributed by atoms with Gasteiger partial charge >= 0.3 is 0 Å². The summed E-state index contributed by atoms with van der Waals surface area (Å²) in [4.78, 5) is 33.6. The van der Waals surface area contributed by atoms with Crippen molar-refractivity contribution in [3.63, 3.8) is 0 Å². The Morgan fingerprint density at radius 2 is 2.07 bits per heavy atom. The van der Waals surface area contributed by atoms with Crippen LogP contribution in [0.1, 0.15) is 23.3 Å². The summed E-state index contributed by atoms with van der Waals surface area (Å²) in [5.41, 5.74) is 0.466. The molecule has 0 aromatic carbocycles. The number of nitrogens with one attached hydrogen (secondary N) is 1. The monoisotopic (exact) mass is 402 g/mol. The van der Waals surface area contributed by atoms with Crippen molar-refractivity contribution in [3.05, 3.63) is 24.0 Å². The zero-order valence-electron chi connectivity index (χ0n) is 15.0. The number of fused-ring (bicyclic) bond motifs is 4. The molecule has 4 fully saturated rings. The van der Waals surface area contributed by atoms with Crippen molar-refractivity contribution in [1.29, 1.82) is 0 Å². The van der Waals surface area contributed by atoms with Crippen LogP contribution in [0.3, 0.4) is 0 Å². The first-order valence-electron chi connectivity index (χ1n) is 9.48. The largest absolute Gasteiger partial charge is 0.346 e. The van der Waals surface area contributed by atoms with E-state index in [1.165, 1.54) is 12.8 Å². The first-order chi connectivity index (χ1) is 13.2. The third-order valence-electron chi connectivity index (χ3n) is 5.85. The molecule has 0 spiro atoms. The number of amides is 2. The van der Waals surface area contributed by atoms with Crippen LogP contribution in [0, 0.1) is 5.92 Å². The smallest absolute Gasteiger partial charge is 0.270 e. The molecule has 2 amide bonds. The van der Waals surface area contributed by atoms with Gasteiger partial charge in [0.1, 0.15) is 5.69 Å². The number of thiophene rings is 1. The normalized spacial score (nSPS) is 27.9. The van der Waals surface area contributed by atoms with Gasteiger partial charge < -0.3 is 15.1 Å². The summed E-state index contributed by atoms with van der Waals surface area (Å²) in [6.45, 7) is 4.02. The lowest BCUT2D eigenvalue weighted by Gasteiger charge is -2.44. The van der Waals surface area contributed by atoms with Crippen LogP contribution >= 0.6 is 23.1 Å². The van der Waals surface area contributed by atoms with Gasteiger partial charge in [0.15, 0.2) is 0 Å². The Bertz CT molecular complexity index is 891. The zero-order valence-corrected chi connectivity index (χ0v) is 16.7. The maximum absolute atomic E-state index is 12.7. The number of carbonyl (C=O) groups is 2. The number of hydrogen-bond acceptors (Lipinski definition) is 6. The molecule has 4 saturated heterocycles. The Morgan fingerprint density at radius 3 is 2.81 bits per heavy atom. The van der Waals surface area contributed by atoms with Gasteiger partial charge in [-0.05, 0) is 44.0 Å². The van der Waals surface area contributed by atoms with Crippen LogP contribution < -0.4 is 10.2 Å². The summed E-state index contributed by atoms with van der Waals surface area (Å²) >= 11 is 3.25. The number of anilines is 1. The van der Waals surface area contributed by atoms with Gasteiger partial charge in [-0.3, -0.25) is 14.6 Å². The third kappa shape index (κ3) is 3.34. The van der Waals surface area contributed by atoms with E-state index in [0.29, 0.717) is 17.4 Å². The van der Waals surface area contributed by atoms with Crippen LogP contribution in [-0.2, 0) is 4.79 Å². The van der Waals surface area contributed by atoms with Gasteiger partial charge in [-0.25, -0.2) is 0 Å². The topological polar surface area (TPSA) is 65.5 Å². The lowest BCUT2D eigenvalue weighted by atomic mass is 9.84. The molecule has 2 aromatic rings.